The molecule has 4 nitrogen and oxygen atoms in total. The molecule has 0 radical (unpaired) electrons. The summed E-state index contributed by atoms with van der Waals surface area (Å²) in [5.41, 5.74) is 6.80. The molecule has 0 saturated carbocycles. The summed E-state index contributed by atoms with van der Waals surface area (Å²) in [5.74, 6) is 0. The summed E-state index contributed by atoms with van der Waals surface area (Å²) in [5, 5.41) is 10.5. The molecule has 0 saturated heterocycles. The Hall–Kier alpha value is -1.01. The molecule has 0 aliphatic heterocycles. The van der Waals surface area contributed by atoms with Gasteiger partial charge in [-0.15, -0.1) is 21.5 Å². The SMILES string of the molecule is CCc1nc(C(C)(C)C)sc1-c1nnc(N)s1. The fraction of sp³-hybridized carbons (Fsp3) is 0.545. The van der Waals surface area contributed by atoms with Gasteiger partial charge < -0.3 is 5.73 Å². The summed E-state index contributed by atoms with van der Waals surface area (Å²) in [6.07, 6.45) is 0.904. The van der Waals surface area contributed by atoms with Crippen molar-refractivity contribution in [2.24, 2.45) is 0 Å². The highest BCUT2D eigenvalue weighted by Gasteiger charge is 2.23. The third-order valence-electron chi connectivity index (χ3n) is 2.31. The Morgan fingerprint density at radius 2 is 1.88 bits per heavy atom. The summed E-state index contributed by atoms with van der Waals surface area (Å²) in [6.45, 7) is 8.62. The van der Waals surface area contributed by atoms with Gasteiger partial charge in [-0.2, -0.15) is 0 Å². The smallest absolute Gasteiger partial charge is 0.203 e. The molecule has 0 atom stereocenters. The Labute approximate surface area is 109 Å². The highest BCUT2D eigenvalue weighted by atomic mass is 32.1. The van der Waals surface area contributed by atoms with E-state index in [0.717, 1.165) is 27.0 Å². The molecule has 0 aromatic carbocycles. The van der Waals surface area contributed by atoms with Gasteiger partial charge in [0.25, 0.3) is 0 Å². The van der Waals surface area contributed by atoms with Crippen LogP contribution in [0.3, 0.4) is 0 Å². The Balaban J connectivity index is 2.50. The number of nitrogens with two attached hydrogens (primary N) is 1. The quantitative estimate of drug-likeness (QED) is 0.909. The molecule has 2 heterocycles. The van der Waals surface area contributed by atoms with Crippen molar-refractivity contribution < 1.29 is 0 Å². The van der Waals surface area contributed by atoms with Crippen LogP contribution in [0, 0.1) is 0 Å². The number of rotatable bonds is 2. The molecule has 2 aromatic rings. The summed E-state index contributed by atoms with van der Waals surface area (Å²) in [7, 11) is 0. The average Bonchev–Trinajstić information content (AvgIpc) is 2.81. The van der Waals surface area contributed by atoms with Crippen LogP contribution >= 0.6 is 22.7 Å². The molecule has 6 heteroatoms. The minimum Gasteiger partial charge on any atom is -0.374 e. The maximum Gasteiger partial charge on any atom is 0.203 e. The van der Waals surface area contributed by atoms with E-state index in [1.165, 1.54) is 11.3 Å². The van der Waals surface area contributed by atoms with Crippen molar-refractivity contribution in [3.05, 3.63) is 10.7 Å². The number of aromatic nitrogens is 3. The van der Waals surface area contributed by atoms with Crippen LogP contribution in [0.15, 0.2) is 0 Å². The van der Waals surface area contributed by atoms with E-state index in [2.05, 4.69) is 37.9 Å². The Kier molecular flexibility index (Phi) is 3.18. The number of hydrogen-bond acceptors (Lipinski definition) is 6. The zero-order valence-corrected chi connectivity index (χ0v) is 12.1. The molecule has 2 rings (SSSR count). The van der Waals surface area contributed by atoms with Gasteiger partial charge in [-0.05, 0) is 6.42 Å². The lowest BCUT2D eigenvalue weighted by Crippen LogP contribution is -2.10. The zero-order chi connectivity index (χ0) is 12.6. The van der Waals surface area contributed by atoms with Crippen LogP contribution in [0.4, 0.5) is 5.13 Å². The highest BCUT2D eigenvalue weighted by molar-refractivity contribution is 7.23. The summed E-state index contributed by atoms with van der Waals surface area (Å²) in [6, 6.07) is 0. The monoisotopic (exact) mass is 268 g/mol. The van der Waals surface area contributed by atoms with Crippen molar-refractivity contribution in [2.45, 2.75) is 39.5 Å². The van der Waals surface area contributed by atoms with Crippen LogP contribution in [-0.4, -0.2) is 15.2 Å². The fourth-order valence-electron chi connectivity index (χ4n) is 1.41. The van der Waals surface area contributed by atoms with Crippen molar-refractivity contribution >= 4 is 27.8 Å². The maximum absolute atomic E-state index is 5.63. The van der Waals surface area contributed by atoms with E-state index in [1.54, 1.807) is 11.3 Å². The summed E-state index contributed by atoms with van der Waals surface area (Å²) < 4.78 is 0. The predicted molar refractivity (Wildman–Crippen MR) is 73.5 cm³/mol. The molecule has 0 aliphatic rings. The highest BCUT2D eigenvalue weighted by Crippen LogP contribution is 2.37. The van der Waals surface area contributed by atoms with Gasteiger partial charge in [0, 0.05) is 5.41 Å². The Morgan fingerprint density at radius 3 is 2.35 bits per heavy atom. The van der Waals surface area contributed by atoms with E-state index in [1.807, 2.05) is 0 Å². The number of nitrogens with zero attached hydrogens (tertiary/aromatic N) is 3. The van der Waals surface area contributed by atoms with E-state index >= 15 is 0 Å². The number of nitrogen functional groups attached to an aromatic ring is 1. The van der Waals surface area contributed by atoms with Crippen LogP contribution in [0.1, 0.15) is 38.4 Å². The first-order chi connectivity index (χ1) is 7.91. The van der Waals surface area contributed by atoms with Gasteiger partial charge >= 0.3 is 0 Å². The third-order valence-corrected chi connectivity index (χ3v) is 4.74. The van der Waals surface area contributed by atoms with Crippen LogP contribution < -0.4 is 5.73 Å². The van der Waals surface area contributed by atoms with E-state index in [9.17, 15) is 0 Å². The van der Waals surface area contributed by atoms with Gasteiger partial charge in [0.05, 0.1) is 15.6 Å². The topological polar surface area (TPSA) is 64.7 Å². The molecule has 2 N–H and O–H groups in total. The molecule has 0 fully saturated rings. The Bertz CT molecular complexity index is 522. The van der Waals surface area contributed by atoms with Crippen molar-refractivity contribution in [1.29, 1.82) is 0 Å². The van der Waals surface area contributed by atoms with Crippen molar-refractivity contribution in [1.82, 2.24) is 15.2 Å². The van der Waals surface area contributed by atoms with Gasteiger partial charge in [-0.25, -0.2) is 4.98 Å². The van der Waals surface area contributed by atoms with Crippen molar-refractivity contribution in [2.75, 3.05) is 5.73 Å². The van der Waals surface area contributed by atoms with E-state index in [-0.39, 0.29) is 5.41 Å². The normalized spacial score (nSPS) is 12.0. The first-order valence-electron chi connectivity index (χ1n) is 5.51. The number of aryl methyl sites for hydroxylation is 1. The van der Waals surface area contributed by atoms with Gasteiger partial charge in [-0.1, -0.05) is 39.0 Å². The maximum atomic E-state index is 5.63. The first-order valence-corrected chi connectivity index (χ1v) is 7.14. The molecule has 0 unspecified atom stereocenters. The molecular formula is C11H16N4S2. The minimum absolute atomic E-state index is 0.0725. The molecule has 0 spiro atoms. The van der Waals surface area contributed by atoms with Crippen LogP contribution in [0.5, 0.6) is 0 Å². The van der Waals surface area contributed by atoms with E-state index in [0.29, 0.717) is 5.13 Å². The molecule has 0 bridgehead atoms. The van der Waals surface area contributed by atoms with Crippen molar-refractivity contribution in [3.63, 3.8) is 0 Å². The summed E-state index contributed by atoms with van der Waals surface area (Å²) >= 11 is 3.12. The largest absolute Gasteiger partial charge is 0.374 e. The van der Waals surface area contributed by atoms with Crippen molar-refractivity contribution in [3.8, 4) is 9.88 Å². The average molecular weight is 268 g/mol. The lowest BCUT2D eigenvalue weighted by atomic mass is 9.98. The van der Waals surface area contributed by atoms with E-state index in [4.69, 9.17) is 10.7 Å². The number of thiazole rings is 1. The molecule has 0 aliphatic carbocycles. The van der Waals surface area contributed by atoms with E-state index < -0.39 is 0 Å². The van der Waals surface area contributed by atoms with Crippen LogP contribution in [0.25, 0.3) is 9.88 Å². The molecule has 2 aromatic heterocycles. The molecule has 0 amide bonds. The van der Waals surface area contributed by atoms with Crippen LogP contribution in [0.2, 0.25) is 0 Å². The first kappa shape index (κ1) is 12.4. The third kappa shape index (κ3) is 2.47. The lowest BCUT2D eigenvalue weighted by molar-refractivity contribution is 0.583. The minimum atomic E-state index is 0.0725. The van der Waals surface area contributed by atoms with Gasteiger partial charge in [-0.3, -0.25) is 0 Å². The molecular weight excluding hydrogens is 252 g/mol. The standard InChI is InChI=1S/C11H16N4S2/c1-5-6-7(8-14-15-10(12)17-8)16-9(13-6)11(2,3)4/h5H2,1-4H3,(H2,12,15). The number of anilines is 1. The van der Waals surface area contributed by atoms with Gasteiger partial charge in [0.15, 0.2) is 5.01 Å². The van der Waals surface area contributed by atoms with Crippen LogP contribution in [-0.2, 0) is 11.8 Å². The van der Waals surface area contributed by atoms with Gasteiger partial charge in [0.2, 0.25) is 5.13 Å². The molecule has 17 heavy (non-hydrogen) atoms. The molecule has 92 valence electrons. The number of hydrogen-bond donors (Lipinski definition) is 1. The lowest BCUT2D eigenvalue weighted by Gasteiger charge is -2.13. The fourth-order valence-corrected chi connectivity index (χ4v) is 3.32. The zero-order valence-electron chi connectivity index (χ0n) is 10.4. The van der Waals surface area contributed by atoms with Gasteiger partial charge in [0.1, 0.15) is 0 Å². The second-order valence-electron chi connectivity index (χ2n) is 4.84. The predicted octanol–water partition coefficient (Wildman–Crippen LogP) is 3.10. The summed E-state index contributed by atoms with van der Waals surface area (Å²) in [4.78, 5) is 5.82. The second-order valence-corrected chi connectivity index (χ2v) is 6.85. The Morgan fingerprint density at radius 1 is 1.18 bits per heavy atom. The second kappa shape index (κ2) is 4.34.